The van der Waals surface area contributed by atoms with Gasteiger partial charge in [-0.2, -0.15) is 4.98 Å². The molecule has 0 radical (unpaired) electrons. The van der Waals surface area contributed by atoms with Crippen LogP contribution in [-0.4, -0.2) is 32.5 Å². The predicted molar refractivity (Wildman–Crippen MR) is 94.1 cm³/mol. The number of nitrogens with one attached hydrogen (secondary N) is 1. The first kappa shape index (κ1) is 15.9. The standard InChI is InChI=1S/C19H22N4O2/c1-3-16-21-19(22-25-16)15-8-5-9-23(15)17(24)10-13-11-20-14-7-4-6-12(2)18(13)14/h4,6-7,11,15,20H,3,5,8-10H2,1-2H3/t15-/m1/s1. The Hall–Kier alpha value is -2.63. The number of rotatable bonds is 4. The maximum Gasteiger partial charge on any atom is 0.227 e. The number of aryl methyl sites for hydroxylation is 2. The summed E-state index contributed by atoms with van der Waals surface area (Å²) in [5.41, 5.74) is 3.31. The molecule has 0 unspecified atom stereocenters. The molecule has 0 spiro atoms. The minimum atomic E-state index is -0.0668. The van der Waals surface area contributed by atoms with Gasteiger partial charge in [-0.15, -0.1) is 0 Å². The fraction of sp³-hybridized carbons (Fsp3) is 0.421. The van der Waals surface area contributed by atoms with Crippen LogP contribution in [0.3, 0.4) is 0 Å². The third kappa shape index (κ3) is 2.81. The predicted octanol–water partition coefficient (Wildman–Crippen LogP) is 3.33. The van der Waals surface area contributed by atoms with Gasteiger partial charge in [0, 0.05) is 30.1 Å². The van der Waals surface area contributed by atoms with E-state index in [1.165, 1.54) is 5.56 Å². The number of amides is 1. The van der Waals surface area contributed by atoms with Gasteiger partial charge in [0.2, 0.25) is 11.8 Å². The van der Waals surface area contributed by atoms with Gasteiger partial charge in [0.05, 0.1) is 12.5 Å². The van der Waals surface area contributed by atoms with Crippen molar-refractivity contribution in [3.05, 3.63) is 47.2 Å². The van der Waals surface area contributed by atoms with E-state index in [9.17, 15) is 4.79 Å². The lowest BCUT2D eigenvalue weighted by Gasteiger charge is -2.22. The molecule has 0 saturated carbocycles. The van der Waals surface area contributed by atoms with Crippen molar-refractivity contribution in [3.63, 3.8) is 0 Å². The third-order valence-corrected chi connectivity index (χ3v) is 4.99. The maximum atomic E-state index is 13.0. The first-order valence-electron chi connectivity index (χ1n) is 8.85. The van der Waals surface area contributed by atoms with Gasteiger partial charge in [-0.1, -0.05) is 24.2 Å². The van der Waals surface area contributed by atoms with Crippen LogP contribution >= 0.6 is 0 Å². The summed E-state index contributed by atoms with van der Waals surface area (Å²) in [6.45, 7) is 4.81. The molecule has 130 valence electrons. The van der Waals surface area contributed by atoms with E-state index in [0.717, 1.165) is 35.9 Å². The zero-order valence-corrected chi connectivity index (χ0v) is 14.6. The SMILES string of the molecule is CCc1nc([C@H]2CCCN2C(=O)Cc2c[nH]c3cccc(C)c23)no1. The van der Waals surface area contributed by atoms with Gasteiger partial charge in [0.25, 0.3) is 0 Å². The lowest BCUT2D eigenvalue weighted by molar-refractivity contribution is -0.131. The van der Waals surface area contributed by atoms with Gasteiger partial charge in [-0.05, 0) is 37.0 Å². The van der Waals surface area contributed by atoms with Crippen LogP contribution in [0.5, 0.6) is 0 Å². The summed E-state index contributed by atoms with van der Waals surface area (Å²) in [6.07, 6.45) is 4.91. The third-order valence-electron chi connectivity index (χ3n) is 4.99. The Morgan fingerprint density at radius 1 is 1.44 bits per heavy atom. The highest BCUT2D eigenvalue weighted by Crippen LogP contribution is 2.31. The lowest BCUT2D eigenvalue weighted by atomic mass is 10.0. The Morgan fingerprint density at radius 2 is 2.32 bits per heavy atom. The van der Waals surface area contributed by atoms with Crippen LogP contribution in [0, 0.1) is 6.92 Å². The van der Waals surface area contributed by atoms with Crippen molar-refractivity contribution in [1.82, 2.24) is 20.0 Å². The topological polar surface area (TPSA) is 75.0 Å². The summed E-state index contributed by atoms with van der Waals surface area (Å²) in [4.78, 5) is 22.6. The molecule has 4 rings (SSSR count). The molecule has 0 aliphatic carbocycles. The van der Waals surface area contributed by atoms with E-state index in [2.05, 4.69) is 28.1 Å². The molecular formula is C19H22N4O2. The molecule has 6 nitrogen and oxygen atoms in total. The van der Waals surface area contributed by atoms with Crippen molar-refractivity contribution in [2.45, 2.75) is 45.6 Å². The second kappa shape index (κ2) is 6.35. The first-order valence-corrected chi connectivity index (χ1v) is 8.85. The molecule has 0 bridgehead atoms. The summed E-state index contributed by atoms with van der Waals surface area (Å²) >= 11 is 0. The molecule has 1 aliphatic rings. The molecule has 1 fully saturated rings. The van der Waals surface area contributed by atoms with Gasteiger partial charge in [0.1, 0.15) is 0 Å². The normalized spacial score (nSPS) is 17.5. The van der Waals surface area contributed by atoms with Crippen molar-refractivity contribution < 1.29 is 9.32 Å². The van der Waals surface area contributed by atoms with Crippen LogP contribution < -0.4 is 0 Å². The number of benzene rings is 1. The first-order chi connectivity index (χ1) is 12.2. The van der Waals surface area contributed by atoms with Crippen molar-refractivity contribution in [3.8, 4) is 0 Å². The second-order valence-corrected chi connectivity index (χ2v) is 6.63. The number of nitrogens with zero attached hydrogens (tertiary/aromatic N) is 3. The number of aromatic amines is 1. The lowest BCUT2D eigenvalue weighted by Crippen LogP contribution is -2.32. The number of carbonyl (C=O) groups excluding carboxylic acids is 1. The highest BCUT2D eigenvalue weighted by Gasteiger charge is 2.33. The van der Waals surface area contributed by atoms with Crippen LogP contribution in [0.25, 0.3) is 10.9 Å². The number of carbonyl (C=O) groups is 1. The minimum Gasteiger partial charge on any atom is -0.361 e. The van der Waals surface area contributed by atoms with Crippen molar-refractivity contribution in [1.29, 1.82) is 0 Å². The van der Waals surface area contributed by atoms with E-state index < -0.39 is 0 Å². The summed E-state index contributed by atoms with van der Waals surface area (Å²) in [5.74, 6) is 1.38. The average molecular weight is 338 g/mol. The Morgan fingerprint density at radius 3 is 3.12 bits per heavy atom. The van der Waals surface area contributed by atoms with Crippen LogP contribution in [-0.2, 0) is 17.6 Å². The number of likely N-dealkylation sites (tertiary alicyclic amines) is 1. The molecule has 6 heteroatoms. The van der Waals surface area contributed by atoms with Gasteiger partial charge >= 0.3 is 0 Å². The number of fused-ring (bicyclic) bond motifs is 1. The number of H-pyrrole nitrogens is 1. The van der Waals surface area contributed by atoms with E-state index >= 15 is 0 Å². The molecule has 1 N–H and O–H groups in total. The molecular weight excluding hydrogens is 316 g/mol. The van der Waals surface area contributed by atoms with Crippen LogP contribution in [0.1, 0.15) is 48.6 Å². The Labute approximate surface area is 146 Å². The van der Waals surface area contributed by atoms with Crippen LogP contribution in [0.15, 0.2) is 28.9 Å². The van der Waals surface area contributed by atoms with Crippen molar-refractivity contribution in [2.24, 2.45) is 0 Å². The van der Waals surface area contributed by atoms with E-state index in [-0.39, 0.29) is 11.9 Å². The van der Waals surface area contributed by atoms with Gasteiger partial charge in [-0.3, -0.25) is 4.79 Å². The summed E-state index contributed by atoms with van der Waals surface area (Å²) < 4.78 is 5.23. The van der Waals surface area contributed by atoms with E-state index in [1.807, 2.05) is 30.2 Å². The fourth-order valence-electron chi connectivity index (χ4n) is 3.74. The minimum absolute atomic E-state index is 0.0668. The molecule has 1 saturated heterocycles. The van der Waals surface area contributed by atoms with E-state index in [1.54, 1.807) is 0 Å². The van der Waals surface area contributed by atoms with E-state index in [4.69, 9.17) is 4.52 Å². The summed E-state index contributed by atoms with van der Waals surface area (Å²) in [6, 6.07) is 6.08. The quantitative estimate of drug-likeness (QED) is 0.792. The largest absolute Gasteiger partial charge is 0.361 e. The monoisotopic (exact) mass is 338 g/mol. The highest BCUT2D eigenvalue weighted by molar-refractivity contribution is 5.91. The Balaban J connectivity index is 1.57. The summed E-state index contributed by atoms with van der Waals surface area (Å²) in [5, 5.41) is 5.23. The van der Waals surface area contributed by atoms with Crippen molar-refractivity contribution in [2.75, 3.05) is 6.54 Å². The highest BCUT2D eigenvalue weighted by atomic mass is 16.5. The molecule has 25 heavy (non-hydrogen) atoms. The molecule has 1 amide bonds. The van der Waals surface area contributed by atoms with Gasteiger partial charge < -0.3 is 14.4 Å². The molecule has 3 aromatic rings. The fourth-order valence-corrected chi connectivity index (χ4v) is 3.74. The molecule has 2 aromatic heterocycles. The number of hydrogen-bond donors (Lipinski definition) is 1. The summed E-state index contributed by atoms with van der Waals surface area (Å²) in [7, 11) is 0. The van der Waals surface area contributed by atoms with Crippen LogP contribution in [0.2, 0.25) is 0 Å². The second-order valence-electron chi connectivity index (χ2n) is 6.63. The number of hydrogen-bond acceptors (Lipinski definition) is 4. The molecule has 3 heterocycles. The molecule has 1 atom stereocenters. The zero-order valence-electron chi connectivity index (χ0n) is 14.6. The average Bonchev–Trinajstić information content (AvgIpc) is 3.34. The Kier molecular flexibility index (Phi) is 4.03. The maximum absolute atomic E-state index is 13.0. The Bertz CT molecular complexity index is 911. The van der Waals surface area contributed by atoms with Gasteiger partial charge in [-0.25, -0.2) is 0 Å². The van der Waals surface area contributed by atoms with Crippen LogP contribution in [0.4, 0.5) is 0 Å². The van der Waals surface area contributed by atoms with Gasteiger partial charge in [0.15, 0.2) is 5.82 Å². The molecule has 1 aromatic carbocycles. The van der Waals surface area contributed by atoms with E-state index in [0.29, 0.717) is 24.6 Å². The van der Waals surface area contributed by atoms with Crippen molar-refractivity contribution >= 4 is 16.8 Å². The number of aromatic nitrogens is 3. The zero-order chi connectivity index (χ0) is 17.4. The molecule has 1 aliphatic heterocycles. The smallest absolute Gasteiger partial charge is 0.227 e.